The number of hydrogen-bond donors (Lipinski definition) is 1. The molecule has 2 heterocycles. The Morgan fingerprint density at radius 2 is 2.05 bits per heavy atom. The van der Waals surface area contributed by atoms with Crippen LogP contribution < -0.4 is 5.32 Å². The van der Waals surface area contributed by atoms with E-state index in [0.29, 0.717) is 6.54 Å². The quantitative estimate of drug-likeness (QED) is 0.922. The van der Waals surface area contributed by atoms with E-state index in [0.717, 1.165) is 15.2 Å². The Balaban J connectivity index is 1.94. The highest BCUT2D eigenvalue weighted by atomic mass is 32.1. The lowest BCUT2D eigenvalue weighted by Gasteiger charge is -2.43. The largest absolute Gasteiger partial charge is 0.343 e. The van der Waals surface area contributed by atoms with Crippen molar-refractivity contribution in [1.29, 1.82) is 0 Å². The molecule has 0 radical (unpaired) electrons. The third-order valence-electron chi connectivity index (χ3n) is 3.85. The molecule has 1 atom stereocenters. The third-order valence-corrected chi connectivity index (χ3v) is 4.87. The van der Waals surface area contributed by atoms with E-state index in [1.54, 1.807) is 37.0 Å². The molecule has 1 aliphatic heterocycles. The van der Waals surface area contributed by atoms with Crippen LogP contribution in [0.4, 0.5) is 0 Å². The molecule has 1 saturated heterocycles. The number of benzene rings is 1. The summed E-state index contributed by atoms with van der Waals surface area (Å²) in [6, 6.07) is 7.38. The molecule has 21 heavy (non-hydrogen) atoms. The van der Waals surface area contributed by atoms with Gasteiger partial charge in [0.1, 0.15) is 16.6 Å². The molecule has 1 unspecified atom stereocenters. The number of nitrogens with one attached hydrogen (secondary N) is 1. The molecule has 3 rings (SSSR count). The van der Waals surface area contributed by atoms with Gasteiger partial charge in [-0.2, -0.15) is 0 Å². The van der Waals surface area contributed by atoms with Gasteiger partial charge < -0.3 is 10.2 Å². The second-order valence-corrected chi connectivity index (χ2v) is 6.87. The van der Waals surface area contributed by atoms with Crippen LogP contribution in [0.15, 0.2) is 24.3 Å². The zero-order valence-corrected chi connectivity index (χ0v) is 13.0. The second-order valence-electron chi connectivity index (χ2n) is 5.75. The molecule has 1 aromatic heterocycles. The molecule has 1 aromatic carbocycles. The first-order chi connectivity index (χ1) is 9.89. The molecule has 1 aliphatic rings. The van der Waals surface area contributed by atoms with E-state index in [1.165, 1.54) is 0 Å². The van der Waals surface area contributed by atoms with Gasteiger partial charge in [-0.15, -0.1) is 11.3 Å². The van der Waals surface area contributed by atoms with Crippen LogP contribution in [-0.2, 0) is 16.1 Å². The van der Waals surface area contributed by atoms with Crippen molar-refractivity contribution in [1.82, 2.24) is 15.2 Å². The summed E-state index contributed by atoms with van der Waals surface area (Å²) < 4.78 is 1.09. The topological polar surface area (TPSA) is 62.3 Å². The predicted molar refractivity (Wildman–Crippen MR) is 81.9 cm³/mol. The van der Waals surface area contributed by atoms with Gasteiger partial charge in [0, 0.05) is 0 Å². The standard InChI is InChI=1S/C15H17N3O2S/c1-9-13(19)18(15(2,3)14(20)16-9)8-12-17-10-6-4-5-7-11(10)21-12/h4-7,9H,8H2,1-3H3,(H,16,20). The number of thiazole rings is 1. The van der Waals surface area contributed by atoms with Gasteiger partial charge in [-0.25, -0.2) is 4.98 Å². The lowest BCUT2D eigenvalue weighted by atomic mass is 9.96. The molecule has 0 bridgehead atoms. The fourth-order valence-electron chi connectivity index (χ4n) is 2.47. The summed E-state index contributed by atoms with van der Waals surface area (Å²) in [4.78, 5) is 30.7. The summed E-state index contributed by atoms with van der Waals surface area (Å²) >= 11 is 1.56. The first-order valence-electron chi connectivity index (χ1n) is 6.86. The molecular formula is C15H17N3O2S. The van der Waals surface area contributed by atoms with E-state index in [-0.39, 0.29) is 11.8 Å². The van der Waals surface area contributed by atoms with Crippen LogP contribution in [0.3, 0.4) is 0 Å². The average Bonchev–Trinajstić information content (AvgIpc) is 2.84. The maximum Gasteiger partial charge on any atom is 0.246 e. The summed E-state index contributed by atoms with van der Waals surface area (Å²) in [6.07, 6.45) is 0. The molecule has 110 valence electrons. The van der Waals surface area contributed by atoms with Gasteiger partial charge >= 0.3 is 0 Å². The SMILES string of the molecule is CC1NC(=O)C(C)(C)N(Cc2nc3ccccc3s2)C1=O. The van der Waals surface area contributed by atoms with Gasteiger partial charge in [0.2, 0.25) is 11.8 Å². The van der Waals surface area contributed by atoms with Crippen molar-refractivity contribution < 1.29 is 9.59 Å². The summed E-state index contributed by atoms with van der Waals surface area (Å²) in [6.45, 7) is 5.60. The van der Waals surface area contributed by atoms with Crippen molar-refractivity contribution >= 4 is 33.4 Å². The normalized spacial score (nSPS) is 21.7. The Morgan fingerprint density at radius 3 is 2.76 bits per heavy atom. The van der Waals surface area contributed by atoms with Crippen LogP contribution in [0, 0.1) is 0 Å². The van der Waals surface area contributed by atoms with E-state index in [1.807, 2.05) is 24.3 Å². The van der Waals surface area contributed by atoms with Crippen LogP contribution in [0.25, 0.3) is 10.2 Å². The van der Waals surface area contributed by atoms with Crippen molar-refractivity contribution in [3.8, 4) is 0 Å². The van der Waals surface area contributed by atoms with Gasteiger partial charge in [0.15, 0.2) is 0 Å². The molecule has 6 heteroatoms. The molecule has 0 saturated carbocycles. The van der Waals surface area contributed by atoms with Crippen molar-refractivity contribution in [3.05, 3.63) is 29.3 Å². The number of para-hydroxylation sites is 1. The minimum absolute atomic E-state index is 0.0705. The molecule has 0 aliphatic carbocycles. The third kappa shape index (κ3) is 2.29. The van der Waals surface area contributed by atoms with E-state index in [9.17, 15) is 9.59 Å². The van der Waals surface area contributed by atoms with E-state index < -0.39 is 11.6 Å². The van der Waals surface area contributed by atoms with Gasteiger partial charge in [0.25, 0.3) is 0 Å². The van der Waals surface area contributed by atoms with Crippen LogP contribution in [0.1, 0.15) is 25.8 Å². The molecule has 2 aromatic rings. The maximum absolute atomic E-state index is 12.4. The smallest absolute Gasteiger partial charge is 0.246 e. The first-order valence-corrected chi connectivity index (χ1v) is 7.68. The van der Waals surface area contributed by atoms with Crippen LogP contribution >= 0.6 is 11.3 Å². The van der Waals surface area contributed by atoms with Crippen LogP contribution in [0.5, 0.6) is 0 Å². The Morgan fingerprint density at radius 1 is 1.33 bits per heavy atom. The van der Waals surface area contributed by atoms with E-state index in [4.69, 9.17) is 0 Å². The zero-order valence-electron chi connectivity index (χ0n) is 12.2. The average molecular weight is 303 g/mol. The Labute approximate surface area is 127 Å². The summed E-state index contributed by atoms with van der Waals surface area (Å²) in [5.41, 5.74) is 0.0683. The lowest BCUT2D eigenvalue weighted by Crippen LogP contribution is -2.67. The van der Waals surface area contributed by atoms with Gasteiger partial charge in [-0.05, 0) is 32.9 Å². The number of rotatable bonds is 2. The summed E-state index contributed by atoms with van der Waals surface area (Å²) in [5, 5.41) is 3.56. The fraction of sp³-hybridized carbons (Fsp3) is 0.400. The van der Waals surface area contributed by atoms with Crippen LogP contribution in [-0.4, -0.2) is 33.3 Å². The molecule has 5 nitrogen and oxygen atoms in total. The maximum atomic E-state index is 12.4. The Bertz CT molecular complexity index is 690. The highest BCUT2D eigenvalue weighted by molar-refractivity contribution is 7.18. The van der Waals surface area contributed by atoms with Gasteiger partial charge in [0.05, 0.1) is 16.8 Å². The monoisotopic (exact) mass is 303 g/mol. The number of piperazine rings is 1. The molecule has 1 fully saturated rings. The predicted octanol–water partition coefficient (Wildman–Crippen LogP) is 1.92. The number of amides is 2. The highest BCUT2D eigenvalue weighted by Gasteiger charge is 2.45. The number of fused-ring (bicyclic) bond motifs is 1. The van der Waals surface area contributed by atoms with Gasteiger partial charge in [-0.3, -0.25) is 9.59 Å². The van der Waals surface area contributed by atoms with E-state index in [2.05, 4.69) is 10.3 Å². The second kappa shape index (κ2) is 4.80. The minimum Gasteiger partial charge on any atom is -0.343 e. The zero-order chi connectivity index (χ0) is 15.2. The van der Waals surface area contributed by atoms with Crippen molar-refractivity contribution in [2.24, 2.45) is 0 Å². The number of carbonyl (C=O) groups excluding carboxylic acids is 2. The number of hydrogen-bond acceptors (Lipinski definition) is 4. The van der Waals surface area contributed by atoms with Crippen molar-refractivity contribution in [2.45, 2.75) is 38.9 Å². The number of nitrogens with zero attached hydrogens (tertiary/aromatic N) is 2. The van der Waals surface area contributed by atoms with Gasteiger partial charge in [-0.1, -0.05) is 12.1 Å². The minimum atomic E-state index is -0.860. The van der Waals surface area contributed by atoms with E-state index >= 15 is 0 Å². The van der Waals surface area contributed by atoms with Crippen LogP contribution in [0.2, 0.25) is 0 Å². The highest BCUT2D eigenvalue weighted by Crippen LogP contribution is 2.27. The molecule has 2 amide bonds. The first kappa shape index (κ1) is 14.0. The van der Waals surface area contributed by atoms with Crippen molar-refractivity contribution in [3.63, 3.8) is 0 Å². The lowest BCUT2D eigenvalue weighted by molar-refractivity contribution is -0.155. The number of carbonyl (C=O) groups is 2. The Kier molecular flexibility index (Phi) is 3.20. The fourth-order valence-corrected chi connectivity index (χ4v) is 3.42. The number of aromatic nitrogens is 1. The molecule has 0 spiro atoms. The molecular weight excluding hydrogens is 286 g/mol. The summed E-state index contributed by atoms with van der Waals surface area (Å²) in [7, 11) is 0. The molecule has 1 N–H and O–H groups in total. The van der Waals surface area contributed by atoms with Crippen molar-refractivity contribution in [2.75, 3.05) is 0 Å². The Hall–Kier alpha value is -1.95. The summed E-state index contributed by atoms with van der Waals surface area (Å²) in [5.74, 6) is -0.199.